The molecule has 5 unspecified atom stereocenters. The maximum atomic E-state index is 14.0. The lowest BCUT2D eigenvalue weighted by Gasteiger charge is -2.53. The summed E-state index contributed by atoms with van der Waals surface area (Å²) in [6, 6.07) is -0.937. The number of likely N-dealkylation sites (tertiary alicyclic amines) is 1. The molecule has 33 heavy (non-hydrogen) atoms. The van der Waals surface area contributed by atoms with E-state index in [1.807, 2.05) is 0 Å². The van der Waals surface area contributed by atoms with Gasteiger partial charge in [-0.1, -0.05) is 6.92 Å². The van der Waals surface area contributed by atoms with Crippen LogP contribution in [0.15, 0.2) is 0 Å². The first-order valence-electron chi connectivity index (χ1n) is 12.3. The Hall–Kier alpha value is -0.650. The maximum Gasteiger partial charge on any atom is 0.409 e. The molecule has 0 bridgehead atoms. The number of carbonyl (C=O) groups is 1. The van der Waals surface area contributed by atoms with Crippen LogP contribution in [-0.2, 0) is 4.79 Å². The summed E-state index contributed by atoms with van der Waals surface area (Å²) in [7, 11) is 1.18. The number of rotatable bonds is 5. The number of fused-ring (bicyclic) bond motifs is 3. The molecule has 0 radical (unpaired) electrons. The first-order chi connectivity index (χ1) is 15.6. The van der Waals surface area contributed by atoms with Crippen molar-refractivity contribution in [3.05, 3.63) is 0 Å². The Morgan fingerprint density at radius 1 is 1.21 bits per heavy atom. The van der Waals surface area contributed by atoms with Gasteiger partial charge in [0.15, 0.2) is 0 Å². The molecule has 3 heterocycles. The summed E-state index contributed by atoms with van der Waals surface area (Å²) in [6.45, 7) is 3.42. The SMILES string of the molecule is CCC(O)C(=O)N(C)[C@@H](C1CCC(N2CCCC3C2CNC2CC(Cl)NN23)CC1)C(F)(F)F. The smallest absolute Gasteiger partial charge is 0.383 e. The van der Waals surface area contributed by atoms with Crippen LogP contribution in [0.1, 0.15) is 58.3 Å². The van der Waals surface area contributed by atoms with Gasteiger partial charge < -0.3 is 10.0 Å². The number of piperidine rings is 1. The number of alkyl halides is 4. The highest BCUT2D eigenvalue weighted by Crippen LogP contribution is 2.41. The second kappa shape index (κ2) is 10.1. The number of hydrogen-bond acceptors (Lipinski definition) is 6. The topological polar surface area (TPSA) is 71.1 Å². The molecular weight excluding hydrogens is 459 g/mol. The van der Waals surface area contributed by atoms with E-state index in [9.17, 15) is 23.1 Å². The molecule has 6 atom stereocenters. The van der Waals surface area contributed by atoms with Crippen LogP contribution in [-0.4, -0.2) is 94.1 Å². The number of amides is 1. The molecule has 3 saturated heterocycles. The Labute approximate surface area is 198 Å². The first kappa shape index (κ1) is 25.4. The Morgan fingerprint density at radius 3 is 2.55 bits per heavy atom. The summed E-state index contributed by atoms with van der Waals surface area (Å²) in [5, 5.41) is 15.7. The van der Waals surface area contributed by atoms with Crippen LogP contribution in [0.5, 0.6) is 0 Å². The number of nitrogens with one attached hydrogen (secondary N) is 2. The lowest BCUT2D eigenvalue weighted by molar-refractivity contribution is -0.204. The van der Waals surface area contributed by atoms with E-state index >= 15 is 0 Å². The van der Waals surface area contributed by atoms with Gasteiger partial charge in [0.25, 0.3) is 5.91 Å². The minimum absolute atomic E-state index is 0.0720. The molecule has 11 heteroatoms. The molecule has 0 aromatic rings. The first-order valence-corrected chi connectivity index (χ1v) is 12.7. The number of hydrogen-bond donors (Lipinski definition) is 3. The number of hydrazine groups is 1. The fraction of sp³-hybridized carbons (Fsp3) is 0.955. The molecule has 190 valence electrons. The van der Waals surface area contributed by atoms with Crippen molar-refractivity contribution in [2.24, 2.45) is 5.92 Å². The molecule has 4 aliphatic rings. The number of nitrogens with zero attached hydrogens (tertiary/aromatic N) is 3. The number of aliphatic hydroxyl groups excluding tert-OH is 1. The molecule has 4 rings (SSSR count). The standard InChI is InChI=1S/C22H37ClF3N5O2/c1-3-17(32)21(33)29(2)20(22(24,25)26)13-6-8-14(9-7-13)30-10-4-5-15-16(30)12-27-19-11-18(23)28-31(15)19/h13-20,27-28,32H,3-12H2,1-2H3/t13?,14?,15?,16?,17?,18?,19?,20-/m0/s1. The van der Waals surface area contributed by atoms with Crippen molar-refractivity contribution in [3.63, 3.8) is 0 Å². The highest BCUT2D eigenvalue weighted by atomic mass is 35.5. The van der Waals surface area contributed by atoms with Gasteiger partial charge in [-0.2, -0.15) is 13.2 Å². The van der Waals surface area contributed by atoms with Crippen molar-refractivity contribution in [3.8, 4) is 0 Å². The van der Waals surface area contributed by atoms with Crippen LogP contribution in [0.25, 0.3) is 0 Å². The van der Waals surface area contributed by atoms with E-state index in [0.717, 1.165) is 37.3 Å². The quantitative estimate of drug-likeness (QED) is 0.401. The van der Waals surface area contributed by atoms with E-state index in [2.05, 4.69) is 20.7 Å². The van der Waals surface area contributed by atoms with Crippen LogP contribution in [0.4, 0.5) is 13.2 Å². The fourth-order valence-corrected chi connectivity index (χ4v) is 6.85. The maximum absolute atomic E-state index is 14.0. The van der Waals surface area contributed by atoms with E-state index in [0.29, 0.717) is 37.8 Å². The average Bonchev–Trinajstić information content (AvgIpc) is 3.18. The molecule has 0 spiro atoms. The van der Waals surface area contributed by atoms with E-state index < -0.39 is 30.1 Å². The Balaban J connectivity index is 1.40. The monoisotopic (exact) mass is 495 g/mol. The normalized spacial score (nSPS) is 37.8. The highest BCUT2D eigenvalue weighted by Gasteiger charge is 2.51. The van der Waals surface area contributed by atoms with Crippen molar-refractivity contribution < 1.29 is 23.1 Å². The Morgan fingerprint density at radius 2 is 1.91 bits per heavy atom. The van der Waals surface area contributed by atoms with Crippen LogP contribution in [0.3, 0.4) is 0 Å². The van der Waals surface area contributed by atoms with Gasteiger partial charge >= 0.3 is 6.18 Å². The summed E-state index contributed by atoms with van der Waals surface area (Å²) in [5.41, 5.74) is 3.31. The molecule has 0 aromatic carbocycles. The summed E-state index contributed by atoms with van der Waals surface area (Å²) in [5.74, 6) is -1.50. The average molecular weight is 496 g/mol. The van der Waals surface area contributed by atoms with E-state index in [1.54, 1.807) is 6.92 Å². The lowest BCUT2D eigenvalue weighted by Crippen LogP contribution is -2.70. The molecule has 1 aliphatic carbocycles. The van der Waals surface area contributed by atoms with E-state index in [4.69, 9.17) is 11.6 Å². The van der Waals surface area contributed by atoms with Gasteiger partial charge in [0.1, 0.15) is 12.1 Å². The number of halogens is 4. The second-order valence-electron chi connectivity index (χ2n) is 10.1. The zero-order valence-electron chi connectivity index (χ0n) is 19.4. The summed E-state index contributed by atoms with van der Waals surface area (Å²) < 4.78 is 42.0. The van der Waals surface area contributed by atoms with Crippen LogP contribution in [0, 0.1) is 5.92 Å². The molecule has 0 aromatic heterocycles. The van der Waals surface area contributed by atoms with Crippen molar-refractivity contribution in [1.82, 2.24) is 25.6 Å². The zero-order chi connectivity index (χ0) is 23.9. The van der Waals surface area contributed by atoms with Gasteiger partial charge in [0, 0.05) is 38.1 Å². The van der Waals surface area contributed by atoms with Crippen molar-refractivity contribution in [2.75, 3.05) is 20.1 Å². The van der Waals surface area contributed by atoms with Gasteiger partial charge in [0.2, 0.25) is 0 Å². The van der Waals surface area contributed by atoms with Crippen LogP contribution in [0.2, 0.25) is 0 Å². The number of likely N-dealkylation sites (N-methyl/N-ethyl adjacent to an activating group) is 1. The summed E-state index contributed by atoms with van der Waals surface area (Å²) >= 11 is 6.32. The third kappa shape index (κ3) is 5.16. The zero-order valence-corrected chi connectivity index (χ0v) is 20.2. The second-order valence-corrected chi connectivity index (χ2v) is 10.6. The minimum atomic E-state index is -4.52. The van der Waals surface area contributed by atoms with Gasteiger partial charge in [-0.25, -0.2) is 10.4 Å². The molecule has 1 saturated carbocycles. The van der Waals surface area contributed by atoms with Crippen molar-refractivity contribution in [1.29, 1.82) is 0 Å². The van der Waals surface area contributed by atoms with Gasteiger partial charge in [-0.05, 0) is 57.4 Å². The van der Waals surface area contributed by atoms with Gasteiger partial charge in [-0.3, -0.25) is 15.0 Å². The molecular formula is C22H37ClF3N5O2. The molecule has 1 amide bonds. The number of aliphatic hydroxyl groups is 1. The van der Waals surface area contributed by atoms with Gasteiger partial charge in [0.05, 0.1) is 11.7 Å². The molecule has 7 nitrogen and oxygen atoms in total. The van der Waals surface area contributed by atoms with E-state index in [1.165, 1.54) is 7.05 Å². The minimum Gasteiger partial charge on any atom is -0.383 e. The van der Waals surface area contributed by atoms with Gasteiger partial charge in [-0.15, -0.1) is 11.6 Å². The Kier molecular flexibility index (Phi) is 7.82. The lowest BCUT2D eigenvalue weighted by atomic mass is 9.78. The third-order valence-electron chi connectivity index (χ3n) is 8.19. The third-order valence-corrected chi connectivity index (χ3v) is 8.47. The predicted octanol–water partition coefficient (Wildman–Crippen LogP) is 2.24. The van der Waals surface area contributed by atoms with Crippen molar-refractivity contribution >= 4 is 17.5 Å². The number of carbonyl (C=O) groups excluding carboxylic acids is 1. The predicted molar refractivity (Wildman–Crippen MR) is 119 cm³/mol. The van der Waals surface area contributed by atoms with Crippen molar-refractivity contribution in [2.45, 2.75) is 106 Å². The largest absolute Gasteiger partial charge is 0.409 e. The van der Waals surface area contributed by atoms with Crippen LogP contribution < -0.4 is 10.7 Å². The summed E-state index contributed by atoms with van der Waals surface area (Å²) in [4.78, 5) is 15.6. The fourth-order valence-electron chi connectivity index (χ4n) is 6.57. The Bertz CT molecular complexity index is 693. The van der Waals surface area contributed by atoms with Crippen LogP contribution >= 0.6 is 11.6 Å². The molecule has 3 aliphatic heterocycles. The molecule has 4 fully saturated rings. The molecule has 3 N–H and O–H groups in total. The highest BCUT2D eigenvalue weighted by molar-refractivity contribution is 6.20. The summed E-state index contributed by atoms with van der Waals surface area (Å²) in [6.07, 6.45) is -0.343. The van der Waals surface area contributed by atoms with E-state index in [-0.39, 0.29) is 24.1 Å².